The maximum absolute atomic E-state index is 13.1. The number of fused-ring (bicyclic) bond motifs is 1. The van der Waals surface area contributed by atoms with Crippen molar-refractivity contribution >= 4 is 39.2 Å². The Balaban J connectivity index is 1.33. The Kier molecular flexibility index (Phi) is 5.55. The van der Waals surface area contributed by atoms with Gasteiger partial charge in [0, 0.05) is 30.9 Å². The summed E-state index contributed by atoms with van der Waals surface area (Å²) in [6.45, 7) is 3.02. The molecule has 9 nitrogen and oxygen atoms in total. The van der Waals surface area contributed by atoms with Crippen LogP contribution in [0.25, 0.3) is 0 Å². The molecule has 3 saturated heterocycles. The molecule has 3 heterocycles. The predicted molar refractivity (Wildman–Crippen MR) is 126 cm³/mol. The normalized spacial score (nSPS) is 20.4. The topological polar surface area (TPSA) is 107 Å². The van der Waals surface area contributed by atoms with Gasteiger partial charge < -0.3 is 9.80 Å². The fourth-order valence-electron chi connectivity index (χ4n) is 4.98. The van der Waals surface area contributed by atoms with Crippen molar-refractivity contribution < 1.29 is 22.8 Å². The quantitative estimate of drug-likeness (QED) is 0.637. The van der Waals surface area contributed by atoms with Crippen LogP contribution >= 0.6 is 0 Å². The van der Waals surface area contributed by atoms with Gasteiger partial charge in [0.15, 0.2) is 0 Å². The van der Waals surface area contributed by atoms with Gasteiger partial charge in [-0.3, -0.25) is 19.2 Å². The highest BCUT2D eigenvalue weighted by Gasteiger charge is 2.47. The molecule has 1 atom stereocenters. The first kappa shape index (κ1) is 22.4. The van der Waals surface area contributed by atoms with E-state index in [1.165, 1.54) is 11.0 Å². The zero-order valence-electron chi connectivity index (χ0n) is 18.9. The molecular formula is C24H26N4O5S. The molecule has 34 heavy (non-hydrogen) atoms. The first-order valence-electron chi connectivity index (χ1n) is 11.4. The Morgan fingerprint density at radius 1 is 1.03 bits per heavy atom. The minimum Gasteiger partial charge on any atom is -0.312 e. The summed E-state index contributed by atoms with van der Waals surface area (Å²) < 4.78 is 28.8. The molecule has 0 radical (unpaired) electrons. The monoisotopic (exact) mass is 482 g/mol. The van der Waals surface area contributed by atoms with Gasteiger partial charge in [-0.2, -0.15) is 0 Å². The molecule has 0 aliphatic carbocycles. The number of nitrogens with one attached hydrogen (secondary N) is 1. The van der Waals surface area contributed by atoms with Crippen LogP contribution in [0.4, 0.5) is 16.2 Å². The number of amides is 4. The number of carbonyl (C=O) groups is 3. The van der Waals surface area contributed by atoms with Crippen molar-refractivity contribution in [2.45, 2.75) is 50.1 Å². The third kappa shape index (κ3) is 3.91. The Labute approximate surface area is 198 Å². The maximum Gasteiger partial charge on any atom is 0.327 e. The third-order valence-corrected chi connectivity index (χ3v) is 8.18. The Morgan fingerprint density at radius 3 is 2.56 bits per heavy atom. The molecule has 0 saturated carbocycles. The molecule has 178 valence electrons. The van der Waals surface area contributed by atoms with Crippen LogP contribution in [-0.4, -0.2) is 55.2 Å². The number of anilines is 2. The molecule has 3 aliphatic rings. The molecule has 2 aromatic rings. The number of imide groups is 1. The van der Waals surface area contributed by atoms with Crippen molar-refractivity contribution in [1.82, 2.24) is 9.80 Å². The number of nitrogens with zero attached hydrogens (tertiary/aromatic N) is 3. The fraction of sp³-hybridized carbons (Fsp3) is 0.375. The van der Waals surface area contributed by atoms with E-state index in [1.54, 1.807) is 53.1 Å². The SMILES string of the molecule is Cc1cc(N2CCCC2=O)ccc1S(=O)(=O)Nc1cccc(CN2C(=O)C3CCCN3C2=O)c1. The molecule has 0 spiro atoms. The second kappa shape index (κ2) is 8.43. The largest absolute Gasteiger partial charge is 0.327 e. The lowest BCUT2D eigenvalue weighted by Gasteiger charge is -2.18. The summed E-state index contributed by atoms with van der Waals surface area (Å²) in [4.78, 5) is 41.8. The highest BCUT2D eigenvalue weighted by Crippen LogP contribution is 2.30. The smallest absolute Gasteiger partial charge is 0.312 e. The van der Waals surface area contributed by atoms with Gasteiger partial charge in [-0.1, -0.05) is 12.1 Å². The van der Waals surface area contributed by atoms with Crippen molar-refractivity contribution in [3.63, 3.8) is 0 Å². The maximum atomic E-state index is 13.1. The van der Waals surface area contributed by atoms with Gasteiger partial charge in [-0.15, -0.1) is 0 Å². The van der Waals surface area contributed by atoms with Crippen molar-refractivity contribution in [3.05, 3.63) is 53.6 Å². The van der Waals surface area contributed by atoms with Crippen molar-refractivity contribution in [2.75, 3.05) is 22.7 Å². The standard InChI is InChI=1S/C24H26N4O5S/c1-16-13-19(26-11-4-8-22(26)29)9-10-21(16)34(32,33)25-18-6-2-5-17(14-18)15-28-23(30)20-7-3-12-27(20)24(28)31/h2,5-6,9-10,13-14,20,25H,3-4,7-8,11-12,15H2,1H3. The lowest BCUT2D eigenvalue weighted by molar-refractivity contribution is -0.128. The summed E-state index contributed by atoms with van der Waals surface area (Å²) in [5.41, 5.74) is 2.23. The van der Waals surface area contributed by atoms with E-state index in [4.69, 9.17) is 0 Å². The van der Waals surface area contributed by atoms with Crippen molar-refractivity contribution in [1.29, 1.82) is 0 Å². The summed E-state index contributed by atoms with van der Waals surface area (Å²) in [5.74, 6) is -0.152. The Morgan fingerprint density at radius 2 is 1.85 bits per heavy atom. The molecule has 3 fully saturated rings. The van der Waals surface area contributed by atoms with E-state index >= 15 is 0 Å². The molecule has 0 aromatic heterocycles. The van der Waals surface area contributed by atoms with E-state index in [-0.39, 0.29) is 35.3 Å². The molecule has 1 N–H and O–H groups in total. The predicted octanol–water partition coefficient (Wildman–Crippen LogP) is 2.85. The average molecular weight is 483 g/mol. The van der Waals surface area contributed by atoms with Gasteiger partial charge in [-0.25, -0.2) is 13.2 Å². The van der Waals surface area contributed by atoms with Gasteiger partial charge in [0.25, 0.3) is 15.9 Å². The van der Waals surface area contributed by atoms with Crippen LogP contribution in [0.3, 0.4) is 0 Å². The summed E-state index contributed by atoms with van der Waals surface area (Å²) in [5, 5.41) is 0. The van der Waals surface area contributed by atoms with Crippen LogP contribution in [0, 0.1) is 6.92 Å². The van der Waals surface area contributed by atoms with E-state index in [1.807, 2.05) is 0 Å². The minimum atomic E-state index is -3.88. The second-order valence-corrected chi connectivity index (χ2v) is 10.6. The van der Waals surface area contributed by atoms with E-state index < -0.39 is 10.0 Å². The zero-order chi connectivity index (χ0) is 24.0. The fourth-order valence-corrected chi connectivity index (χ4v) is 6.25. The second-order valence-electron chi connectivity index (χ2n) is 8.96. The lowest BCUT2D eigenvalue weighted by atomic mass is 10.1. The third-order valence-electron chi connectivity index (χ3n) is 6.63. The number of benzene rings is 2. The van der Waals surface area contributed by atoms with E-state index in [9.17, 15) is 22.8 Å². The van der Waals surface area contributed by atoms with Gasteiger partial charge in [0.1, 0.15) is 6.04 Å². The van der Waals surface area contributed by atoms with Crippen molar-refractivity contribution in [2.24, 2.45) is 0 Å². The van der Waals surface area contributed by atoms with Crippen LogP contribution in [0.2, 0.25) is 0 Å². The number of urea groups is 1. The van der Waals surface area contributed by atoms with Gasteiger partial charge in [0.05, 0.1) is 11.4 Å². The van der Waals surface area contributed by atoms with Crippen LogP contribution in [0.5, 0.6) is 0 Å². The van der Waals surface area contributed by atoms with Gasteiger partial charge in [-0.05, 0) is 67.6 Å². The highest BCUT2D eigenvalue weighted by molar-refractivity contribution is 7.92. The first-order valence-corrected chi connectivity index (χ1v) is 12.9. The minimum absolute atomic E-state index is 0.0420. The average Bonchev–Trinajstić information content (AvgIpc) is 3.49. The summed E-state index contributed by atoms with van der Waals surface area (Å²) in [6, 6.07) is 10.9. The first-order chi connectivity index (χ1) is 16.2. The van der Waals surface area contributed by atoms with E-state index in [2.05, 4.69) is 4.72 Å². The zero-order valence-corrected chi connectivity index (χ0v) is 19.7. The Hall–Kier alpha value is -3.40. The van der Waals surface area contributed by atoms with Gasteiger partial charge >= 0.3 is 6.03 Å². The molecule has 0 bridgehead atoms. The number of aryl methyl sites for hydroxylation is 1. The number of hydrogen-bond acceptors (Lipinski definition) is 5. The van der Waals surface area contributed by atoms with Crippen molar-refractivity contribution in [3.8, 4) is 0 Å². The van der Waals surface area contributed by atoms with Crippen LogP contribution in [-0.2, 0) is 26.2 Å². The lowest BCUT2D eigenvalue weighted by Crippen LogP contribution is -2.32. The Bertz CT molecular complexity index is 1270. The summed E-state index contributed by atoms with van der Waals surface area (Å²) in [6.07, 6.45) is 2.82. The molecule has 2 aromatic carbocycles. The number of carbonyl (C=O) groups excluding carboxylic acids is 3. The summed E-state index contributed by atoms with van der Waals surface area (Å²) >= 11 is 0. The molecule has 10 heteroatoms. The number of hydrogen-bond donors (Lipinski definition) is 1. The number of sulfonamides is 1. The molecule has 3 aliphatic heterocycles. The van der Waals surface area contributed by atoms with Gasteiger partial charge in [0.2, 0.25) is 5.91 Å². The van der Waals surface area contributed by atoms with E-state index in [0.717, 1.165) is 12.8 Å². The molecule has 1 unspecified atom stereocenters. The van der Waals surface area contributed by atoms with Crippen LogP contribution < -0.4 is 9.62 Å². The molecule has 5 rings (SSSR count). The van der Waals surface area contributed by atoms with Crippen LogP contribution in [0.15, 0.2) is 47.4 Å². The molecular weight excluding hydrogens is 456 g/mol. The van der Waals surface area contributed by atoms with E-state index in [0.29, 0.717) is 48.4 Å². The molecule has 4 amide bonds. The van der Waals surface area contributed by atoms with Crippen LogP contribution in [0.1, 0.15) is 36.8 Å². The summed E-state index contributed by atoms with van der Waals surface area (Å²) in [7, 11) is -3.88. The number of rotatable bonds is 6. The highest BCUT2D eigenvalue weighted by atomic mass is 32.2.